The van der Waals surface area contributed by atoms with Crippen LogP contribution in [-0.2, 0) is 0 Å². The highest BCUT2D eigenvalue weighted by Gasteiger charge is 2.16. The molecular weight excluding hydrogens is 268 g/mol. The van der Waals surface area contributed by atoms with Crippen LogP contribution in [0, 0.1) is 17.0 Å². The molecule has 0 spiro atoms. The van der Waals surface area contributed by atoms with Gasteiger partial charge in [-0.2, -0.15) is 0 Å². The van der Waals surface area contributed by atoms with Crippen molar-refractivity contribution in [2.24, 2.45) is 0 Å². The highest BCUT2D eigenvalue weighted by atomic mass is 16.6. The van der Waals surface area contributed by atoms with Crippen molar-refractivity contribution in [3.63, 3.8) is 0 Å². The molecule has 1 unspecified atom stereocenters. The first-order chi connectivity index (χ1) is 10.0. The van der Waals surface area contributed by atoms with Crippen LogP contribution in [0.4, 0.5) is 11.4 Å². The fraction of sp³-hybridized carbons (Fsp3) is 0.250. The second-order valence-corrected chi connectivity index (χ2v) is 4.92. The molecule has 0 saturated carbocycles. The number of anilines is 1. The second-order valence-electron chi connectivity index (χ2n) is 4.92. The van der Waals surface area contributed by atoms with Crippen molar-refractivity contribution < 1.29 is 9.66 Å². The van der Waals surface area contributed by atoms with E-state index in [1.54, 1.807) is 19.2 Å². The summed E-state index contributed by atoms with van der Waals surface area (Å²) in [6.45, 7) is 3.87. The summed E-state index contributed by atoms with van der Waals surface area (Å²) in [5.74, 6) is 0.764. The molecule has 0 radical (unpaired) electrons. The number of methoxy groups -OCH3 is 1. The molecule has 0 amide bonds. The Labute approximate surface area is 123 Å². The molecule has 21 heavy (non-hydrogen) atoms. The maximum Gasteiger partial charge on any atom is 0.292 e. The van der Waals surface area contributed by atoms with Crippen molar-refractivity contribution in [2.45, 2.75) is 19.9 Å². The second kappa shape index (κ2) is 6.26. The van der Waals surface area contributed by atoms with Crippen molar-refractivity contribution >= 4 is 11.4 Å². The van der Waals surface area contributed by atoms with Crippen LogP contribution in [0.1, 0.15) is 24.1 Å². The number of nitrogens with zero attached hydrogens (tertiary/aromatic N) is 1. The topological polar surface area (TPSA) is 64.4 Å². The SMILES string of the molecule is COc1cccc(C(C)Nc2cc(C)ccc2[N+](=O)[O-])c1. The third kappa shape index (κ3) is 3.51. The van der Waals surface area contributed by atoms with Crippen LogP contribution in [0.3, 0.4) is 0 Å². The van der Waals surface area contributed by atoms with Gasteiger partial charge in [0.15, 0.2) is 0 Å². The van der Waals surface area contributed by atoms with Gasteiger partial charge in [-0.05, 0) is 43.2 Å². The molecule has 0 aliphatic rings. The molecule has 1 N–H and O–H groups in total. The lowest BCUT2D eigenvalue weighted by Gasteiger charge is -2.17. The van der Waals surface area contributed by atoms with Crippen molar-refractivity contribution in [3.05, 3.63) is 63.7 Å². The number of nitrogens with one attached hydrogen (secondary N) is 1. The van der Waals surface area contributed by atoms with Crippen molar-refractivity contribution in [3.8, 4) is 5.75 Å². The van der Waals surface area contributed by atoms with Gasteiger partial charge >= 0.3 is 0 Å². The molecule has 0 aliphatic carbocycles. The van der Waals surface area contributed by atoms with E-state index in [9.17, 15) is 10.1 Å². The monoisotopic (exact) mass is 286 g/mol. The molecule has 0 aliphatic heterocycles. The number of nitro benzene ring substituents is 1. The van der Waals surface area contributed by atoms with Gasteiger partial charge in [0, 0.05) is 12.1 Å². The minimum atomic E-state index is -0.375. The smallest absolute Gasteiger partial charge is 0.292 e. The Kier molecular flexibility index (Phi) is 4.42. The molecule has 0 aromatic heterocycles. The lowest BCUT2D eigenvalue weighted by Crippen LogP contribution is -2.08. The van der Waals surface area contributed by atoms with Gasteiger partial charge in [0.05, 0.1) is 12.0 Å². The van der Waals surface area contributed by atoms with Gasteiger partial charge in [0.2, 0.25) is 0 Å². The molecule has 5 nitrogen and oxygen atoms in total. The first-order valence-electron chi connectivity index (χ1n) is 6.67. The zero-order valence-electron chi connectivity index (χ0n) is 12.3. The number of rotatable bonds is 5. The zero-order chi connectivity index (χ0) is 15.4. The maximum absolute atomic E-state index is 11.1. The van der Waals surface area contributed by atoms with Gasteiger partial charge in [0.25, 0.3) is 5.69 Å². The average molecular weight is 286 g/mol. The normalized spacial score (nSPS) is 11.8. The van der Waals surface area contributed by atoms with Gasteiger partial charge in [0.1, 0.15) is 11.4 Å². The largest absolute Gasteiger partial charge is 0.497 e. The first kappa shape index (κ1) is 14.8. The van der Waals surface area contributed by atoms with Gasteiger partial charge in [-0.1, -0.05) is 18.2 Å². The van der Waals surface area contributed by atoms with Crippen LogP contribution < -0.4 is 10.1 Å². The van der Waals surface area contributed by atoms with Crippen LogP contribution in [-0.4, -0.2) is 12.0 Å². The maximum atomic E-state index is 11.1. The fourth-order valence-electron chi connectivity index (χ4n) is 2.15. The zero-order valence-corrected chi connectivity index (χ0v) is 12.3. The molecule has 0 fully saturated rings. The Hall–Kier alpha value is -2.56. The number of benzene rings is 2. The van der Waals surface area contributed by atoms with Crippen LogP contribution in [0.5, 0.6) is 5.75 Å². The molecule has 0 bridgehead atoms. The van der Waals surface area contributed by atoms with E-state index in [0.717, 1.165) is 16.9 Å². The van der Waals surface area contributed by atoms with Gasteiger partial charge in [-0.15, -0.1) is 0 Å². The van der Waals surface area contributed by atoms with Crippen molar-refractivity contribution in [2.75, 3.05) is 12.4 Å². The molecule has 0 heterocycles. The summed E-state index contributed by atoms with van der Waals surface area (Å²) >= 11 is 0. The third-order valence-electron chi connectivity index (χ3n) is 3.31. The molecule has 5 heteroatoms. The van der Waals surface area contributed by atoms with Gasteiger partial charge < -0.3 is 10.1 Å². The predicted molar refractivity (Wildman–Crippen MR) is 82.9 cm³/mol. The van der Waals surface area contributed by atoms with E-state index in [2.05, 4.69) is 5.32 Å². The van der Waals surface area contributed by atoms with E-state index < -0.39 is 0 Å². The standard InChI is InChI=1S/C16H18N2O3/c1-11-7-8-16(18(19)20)15(9-11)17-12(2)13-5-4-6-14(10-13)21-3/h4-10,12,17H,1-3H3. The minimum Gasteiger partial charge on any atom is -0.497 e. The highest BCUT2D eigenvalue weighted by molar-refractivity contribution is 5.63. The Morgan fingerprint density at radius 2 is 2.00 bits per heavy atom. The predicted octanol–water partition coefficient (Wildman–Crippen LogP) is 4.08. The lowest BCUT2D eigenvalue weighted by molar-refractivity contribution is -0.384. The fourth-order valence-corrected chi connectivity index (χ4v) is 2.15. The summed E-state index contributed by atoms with van der Waals surface area (Å²) in [6.07, 6.45) is 0. The highest BCUT2D eigenvalue weighted by Crippen LogP contribution is 2.29. The average Bonchev–Trinajstić information content (AvgIpc) is 2.47. The summed E-state index contributed by atoms with van der Waals surface area (Å²) in [4.78, 5) is 10.7. The Balaban J connectivity index is 2.28. The number of nitro groups is 1. The Morgan fingerprint density at radius 3 is 2.67 bits per heavy atom. The minimum absolute atomic E-state index is 0.0689. The van der Waals surface area contributed by atoms with Crippen LogP contribution >= 0.6 is 0 Å². The van der Waals surface area contributed by atoms with Crippen LogP contribution in [0.25, 0.3) is 0 Å². The summed E-state index contributed by atoms with van der Waals surface area (Å²) in [6, 6.07) is 12.6. The molecule has 2 aromatic rings. The van der Waals surface area contributed by atoms with E-state index in [1.807, 2.05) is 38.1 Å². The van der Waals surface area contributed by atoms with Gasteiger partial charge in [-0.3, -0.25) is 10.1 Å². The summed E-state index contributed by atoms with van der Waals surface area (Å²) in [5.41, 5.74) is 2.58. The van der Waals surface area contributed by atoms with Crippen LogP contribution in [0.2, 0.25) is 0 Å². The van der Waals surface area contributed by atoms with Crippen molar-refractivity contribution in [1.29, 1.82) is 0 Å². The van der Waals surface area contributed by atoms with E-state index in [4.69, 9.17) is 4.74 Å². The molecule has 1 atom stereocenters. The van der Waals surface area contributed by atoms with E-state index in [1.165, 1.54) is 6.07 Å². The number of hydrogen-bond acceptors (Lipinski definition) is 4. The number of hydrogen-bond donors (Lipinski definition) is 1. The molecule has 2 aromatic carbocycles. The Morgan fingerprint density at radius 1 is 1.24 bits per heavy atom. The molecule has 110 valence electrons. The molecule has 2 rings (SSSR count). The van der Waals surface area contributed by atoms with E-state index in [-0.39, 0.29) is 16.7 Å². The van der Waals surface area contributed by atoms with Gasteiger partial charge in [-0.25, -0.2) is 0 Å². The molecule has 0 saturated heterocycles. The summed E-state index contributed by atoms with van der Waals surface area (Å²) < 4.78 is 5.20. The van der Waals surface area contributed by atoms with Crippen LogP contribution in [0.15, 0.2) is 42.5 Å². The third-order valence-corrected chi connectivity index (χ3v) is 3.31. The summed E-state index contributed by atoms with van der Waals surface area (Å²) in [7, 11) is 1.61. The van der Waals surface area contributed by atoms with E-state index >= 15 is 0 Å². The number of aryl methyl sites for hydroxylation is 1. The Bertz CT molecular complexity index is 656. The van der Waals surface area contributed by atoms with E-state index in [0.29, 0.717) is 5.69 Å². The summed E-state index contributed by atoms with van der Waals surface area (Å²) in [5, 5.41) is 14.3. The number of ether oxygens (including phenoxy) is 1. The molecular formula is C16H18N2O3. The quantitative estimate of drug-likeness (QED) is 0.664. The lowest BCUT2D eigenvalue weighted by atomic mass is 10.1. The first-order valence-corrected chi connectivity index (χ1v) is 6.67. The van der Waals surface area contributed by atoms with Crippen molar-refractivity contribution in [1.82, 2.24) is 0 Å².